The molecule has 0 bridgehead atoms. The second kappa shape index (κ2) is 5.63. The maximum atomic E-state index is 8.84. The number of nitrogens with two attached hydrogens (primary N) is 1. The summed E-state index contributed by atoms with van der Waals surface area (Å²) in [5.41, 5.74) is 3.08. The molecule has 0 unspecified atom stereocenters. The molecule has 0 saturated carbocycles. The summed E-state index contributed by atoms with van der Waals surface area (Å²) in [6.45, 7) is 0.136. The summed E-state index contributed by atoms with van der Waals surface area (Å²) in [5, 5.41) is 18.4. The van der Waals surface area contributed by atoms with Crippen LogP contribution < -0.4 is 16.2 Å². The molecule has 3 N–H and O–H groups in total. The second-order valence-corrected chi connectivity index (χ2v) is 3.70. The van der Waals surface area contributed by atoms with E-state index in [1.165, 1.54) is 0 Å². The van der Waals surface area contributed by atoms with Gasteiger partial charge in [0.1, 0.15) is 18.9 Å². The topological polar surface area (TPSA) is 115 Å². The van der Waals surface area contributed by atoms with Gasteiger partial charge in [-0.3, -0.25) is 5.43 Å². The standard InChI is InChI=1S/C12H11N7/c13-5-7-19(8-6-14)11-9-3-1-2-4-10(9)16-12(17-11)18-15/h1-4H,7-8,15H2,(H,16,17,18). The van der Waals surface area contributed by atoms with Gasteiger partial charge in [-0.2, -0.15) is 15.5 Å². The predicted octanol–water partition coefficient (Wildman–Crippen LogP) is 0.769. The van der Waals surface area contributed by atoms with Gasteiger partial charge in [-0.25, -0.2) is 10.8 Å². The Labute approximate surface area is 109 Å². The molecule has 0 radical (unpaired) electrons. The van der Waals surface area contributed by atoms with Crippen LogP contribution in [0, 0.1) is 22.7 Å². The van der Waals surface area contributed by atoms with E-state index < -0.39 is 0 Å². The highest BCUT2D eigenvalue weighted by atomic mass is 15.3. The van der Waals surface area contributed by atoms with Crippen molar-refractivity contribution in [2.24, 2.45) is 5.84 Å². The maximum Gasteiger partial charge on any atom is 0.239 e. The van der Waals surface area contributed by atoms with E-state index >= 15 is 0 Å². The molecule has 94 valence electrons. The molecule has 1 aromatic heterocycles. The van der Waals surface area contributed by atoms with Crippen molar-refractivity contribution in [1.29, 1.82) is 10.5 Å². The van der Waals surface area contributed by atoms with E-state index in [0.29, 0.717) is 11.3 Å². The van der Waals surface area contributed by atoms with Crippen molar-refractivity contribution < 1.29 is 0 Å². The Morgan fingerprint density at radius 2 is 1.84 bits per heavy atom. The monoisotopic (exact) mass is 253 g/mol. The smallest absolute Gasteiger partial charge is 0.239 e. The van der Waals surface area contributed by atoms with Crippen LogP contribution in [0.5, 0.6) is 0 Å². The molecule has 1 aromatic carbocycles. The Morgan fingerprint density at radius 1 is 1.16 bits per heavy atom. The van der Waals surface area contributed by atoms with E-state index in [1.807, 2.05) is 36.4 Å². The van der Waals surface area contributed by atoms with Crippen molar-refractivity contribution in [3.63, 3.8) is 0 Å². The van der Waals surface area contributed by atoms with Gasteiger partial charge in [0, 0.05) is 5.39 Å². The first-order chi connectivity index (χ1) is 9.30. The molecule has 0 spiro atoms. The first-order valence-electron chi connectivity index (χ1n) is 5.52. The van der Waals surface area contributed by atoms with Crippen LogP contribution in [0.2, 0.25) is 0 Å². The molecule has 0 aliphatic heterocycles. The largest absolute Gasteiger partial charge is 0.329 e. The van der Waals surface area contributed by atoms with Gasteiger partial charge in [-0.1, -0.05) is 12.1 Å². The van der Waals surface area contributed by atoms with Crippen LogP contribution in [0.1, 0.15) is 0 Å². The van der Waals surface area contributed by atoms with Crippen LogP contribution in [0.4, 0.5) is 11.8 Å². The zero-order chi connectivity index (χ0) is 13.7. The van der Waals surface area contributed by atoms with Crippen molar-refractivity contribution in [3.05, 3.63) is 24.3 Å². The SMILES string of the molecule is N#CCN(CC#N)c1nc(NN)nc2ccccc12. The minimum absolute atomic E-state index is 0.0680. The van der Waals surface area contributed by atoms with E-state index in [1.54, 1.807) is 4.90 Å². The summed E-state index contributed by atoms with van der Waals surface area (Å²) in [7, 11) is 0. The van der Waals surface area contributed by atoms with Crippen molar-refractivity contribution in [2.45, 2.75) is 0 Å². The Kier molecular flexibility index (Phi) is 3.72. The average molecular weight is 253 g/mol. The highest BCUT2D eigenvalue weighted by Crippen LogP contribution is 2.24. The first kappa shape index (κ1) is 12.6. The van der Waals surface area contributed by atoms with Crippen LogP contribution >= 0.6 is 0 Å². The quantitative estimate of drug-likeness (QED) is 0.469. The van der Waals surface area contributed by atoms with Crippen molar-refractivity contribution >= 4 is 22.7 Å². The van der Waals surface area contributed by atoms with E-state index in [4.69, 9.17) is 16.4 Å². The van der Waals surface area contributed by atoms with Crippen molar-refractivity contribution in [3.8, 4) is 12.1 Å². The molecular formula is C12H11N7. The zero-order valence-electron chi connectivity index (χ0n) is 10.0. The lowest BCUT2D eigenvalue weighted by Gasteiger charge is -2.19. The van der Waals surface area contributed by atoms with Gasteiger partial charge in [-0.15, -0.1) is 0 Å². The predicted molar refractivity (Wildman–Crippen MR) is 70.8 cm³/mol. The van der Waals surface area contributed by atoms with Gasteiger partial charge >= 0.3 is 0 Å². The summed E-state index contributed by atoms with van der Waals surface area (Å²) in [6, 6.07) is 11.4. The fourth-order valence-corrected chi connectivity index (χ4v) is 1.74. The minimum Gasteiger partial charge on any atom is -0.329 e. The molecule has 0 amide bonds. The molecular weight excluding hydrogens is 242 g/mol. The van der Waals surface area contributed by atoms with Crippen molar-refractivity contribution in [1.82, 2.24) is 9.97 Å². The fourth-order valence-electron chi connectivity index (χ4n) is 1.74. The summed E-state index contributed by atoms with van der Waals surface area (Å²) >= 11 is 0. The molecule has 7 nitrogen and oxygen atoms in total. The number of anilines is 2. The third kappa shape index (κ3) is 2.51. The first-order valence-corrected chi connectivity index (χ1v) is 5.52. The van der Waals surface area contributed by atoms with E-state index in [9.17, 15) is 0 Å². The molecule has 0 fully saturated rings. The van der Waals surface area contributed by atoms with Crippen molar-refractivity contribution in [2.75, 3.05) is 23.4 Å². The lowest BCUT2D eigenvalue weighted by atomic mass is 10.2. The number of hydrogen-bond donors (Lipinski definition) is 2. The number of nitriles is 2. The molecule has 0 saturated heterocycles. The van der Waals surface area contributed by atoms with Gasteiger partial charge in [0.25, 0.3) is 0 Å². The van der Waals surface area contributed by atoms with Gasteiger partial charge in [0.2, 0.25) is 5.95 Å². The van der Waals surface area contributed by atoms with Crippen LogP contribution in [-0.2, 0) is 0 Å². The number of para-hydroxylation sites is 1. The number of aromatic nitrogens is 2. The fraction of sp³-hybridized carbons (Fsp3) is 0.167. The molecule has 7 heteroatoms. The molecule has 0 aliphatic rings. The highest BCUT2D eigenvalue weighted by Gasteiger charge is 2.13. The second-order valence-electron chi connectivity index (χ2n) is 3.70. The Bertz CT molecular complexity index is 652. The minimum atomic E-state index is 0.0680. The number of nitrogens with one attached hydrogen (secondary N) is 1. The number of nitrogen functional groups attached to an aromatic ring is 1. The number of rotatable bonds is 4. The van der Waals surface area contributed by atoms with E-state index in [-0.39, 0.29) is 19.0 Å². The van der Waals surface area contributed by atoms with Crippen LogP contribution in [-0.4, -0.2) is 23.1 Å². The van der Waals surface area contributed by atoms with Crippen LogP contribution in [0.3, 0.4) is 0 Å². The Balaban J connectivity index is 2.62. The Morgan fingerprint density at radius 3 is 2.47 bits per heavy atom. The van der Waals surface area contributed by atoms with Gasteiger partial charge in [-0.05, 0) is 12.1 Å². The van der Waals surface area contributed by atoms with Crippen LogP contribution in [0.15, 0.2) is 24.3 Å². The van der Waals surface area contributed by atoms with E-state index in [0.717, 1.165) is 5.39 Å². The van der Waals surface area contributed by atoms with Crippen LogP contribution in [0.25, 0.3) is 10.9 Å². The third-order valence-electron chi connectivity index (χ3n) is 2.53. The lowest BCUT2D eigenvalue weighted by Crippen LogP contribution is -2.26. The molecule has 0 aliphatic carbocycles. The molecule has 2 rings (SSSR count). The summed E-state index contributed by atoms with van der Waals surface area (Å²) in [6.07, 6.45) is 0. The molecule has 1 heterocycles. The maximum absolute atomic E-state index is 8.84. The highest BCUT2D eigenvalue weighted by molar-refractivity contribution is 5.90. The number of fused-ring (bicyclic) bond motifs is 1. The Hall–Kier alpha value is -2.90. The van der Waals surface area contributed by atoms with E-state index in [2.05, 4.69) is 15.4 Å². The number of nitrogens with zero attached hydrogens (tertiary/aromatic N) is 5. The number of hydrogen-bond acceptors (Lipinski definition) is 7. The number of benzene rings is 1. The van der Waals surface area contributed by atoms with Gasteiger partial charge in [0.15, 0.2) is 0 Å². The molecule has 0 atom stereocenters. The summed E-state index contributed by atoms with van der Waals surface area (Å²) in [4.78, 5) is 10.0. The molecule has 2 aromatic rings. The zero-order valence-corrected chi connectivity index (χ0v) is 10.0. The van der Waals surface area contributed by atoms with Gasteiger partial charge < -0.3 is 4.90 Å². The molecule has 19 heavy (non-hydrogen) atoms. The third-order valence-corrected chi connectivity index (χ3v) is 2.53. The average Bonchev–Trinajstić information content (AvgIpc) is 2.46. The number of hydrazine groups is 1. The summed E-state index contributed by atoms with van der Waals surface area (Å²) < 4.78 is 0. The lowest BCUT2D eigenvalue weighted by molar-refractivity contribution is 0.936. The summed E-state index contributed by atoms with van der Waals surface area (Å²) in [5.74, 6) is 6.09. The van der Waals surface area contributed by atoms with Gasteiger partial charge in [0.05, 0.1) is 17.7 Å². The normalized spacial score (nSPS) is 9.63.